The molecule has 0 saturated carbocycles. The smallest absolute Gasteiger partial charge is 0.171 e. The lowest BCUT2D eigenvalue weighted by molar-refractivity contribution is 0.112. The zero-order valence-corrected chi connectivity index (χ0v) is 9.71. The van der Waals surface area contributed by atoms with Crippen molar-refractivity contribution >= 4 is 11.9 Å². The van der Waals surface area contributed by atoms with E-state index in [-0.39, 0.29) is 0 Å². The summed E-state index contributed by atoms with van der Waals surface area (Å²) in [5.41, 5.74) is 1.24. The Kier molecular flexibility index (Phi) is 2.40. The summed E-state index contributed by atoms with van der Waals surface area (Å²) in [7, 11) is 2.10. The molecule has 0 radical (unpaired) electrons. The van der Waals surface area contributed by atoms with Crippen molar-refractivity contribution < 1.29 is 4.79 Å². The number of aromatic nitrogens is 3. The fraction of sp³-hybridized carbons (Fsp3) is 0.417. The Labute approximate surface area is 99.1 Å². The van der Waals surface area contributed by atoms with Crippen LogP contribution < -0.4 is 0 Å². The molecule has 5 nitrogen and oxygen atoms in total. The SMILES string of the molecule is CN1CCCC1c1nnc2c(C=O)cccn12. The van der Waals surface area contributed by atoms with E-state index in [9.17, 15) is 4.79 Å². The number of aldehydes is 1. The third-order valence-electron chi connectivity index (χ3n) is 3.44. The Hall–Kier alpha value is -1.75. The van der Waals surface area contributed by atoms with E-state index in [2.05, 4.69) is 22.1 Å². The van der Waals surface area contributed by atoms with Gasteiger partial charge in [-0.1, -0.05) is 0 Å². The van der Waals surface area contributed by atoms with Crippen molar-refractivity contribution in [3.63, 3.8) is 0 Å². The normalized spacial score (nSPS) is 21.1. The number of rotatable bonds is 2. The van der Waals surface area contributed by atoms with E-state index in [0.29, 0.717) is 17.3 Å². The minimum Gasteiger partial charge on any atom is -0.298 e. The molecule has 1 unspecified atom stereocenters. The first-order valence-corrected chi connectivity index (χ1v) is 5.80. The second-order valence-electron chi connectivity index (χ2n) is 4.47. The molecule has 1 aliphatic rings. The summed E-state index contributed by atoms with van der Waals surface area (Å²) in [4.78, 5) is 13.2. The molecule has 0 spiro atoms. The standard InChI is InChI=1S/C12H14N4O/c1-15-6-3-5-10(15)12-14-13-11-9(8-17)4-2-7-16(11)12/h2,4,7-8,10H,3,5-6H2,1H3. The fourth-order valence-electron chi connectivity index (χ4n) is 2.51. The number of pyridine rings is 1. The number of nitrogens with zero attached hydrogens (tertiary/aromatic N) is 4. The third kappa shape index (κ3) is 1.54. The molecule has 0 bridgehead atoms. The van der Waals surface area contributed by atoms with Crippen molar-refractivity contribution in [1.82, 2.24) is 19.5 Å². The first-order chi connectivity index (χ1) is 8.31. The van der Waals surface area contributed by atoms with Crippen molar-refractivity contribution in [2.24, 2.45) is 0 Å². The monoisotopic (exact) mass is 230 g/mol. The molecule has 3 rings (SSSR count). The minimum atomic E-state index is 0.312. The Morgan fingerprint density at radius 1 is 1.47 bits per heavy atom. The van der Waals surface area contributed by atoms with Gasteiger partial charge < -0.3 is 0 Å². The van der Waals surface area contributed by atoms with Crippen LogP contribution >= 0.6 is 0 Å². The van der Waals surface area contributed by atoms with Gasteiger partial charge in [-0.15, -0.1) is 10.2 Å². The number of carbonyl (C=O) groups is 1. The lowest BCUT2D eigenvalue weighted by Gasteiger charge is -2.17. The lowest BCUT2D eigenvalue weighted by atomic mass is 10.2. The highest BCUT2D eigenvalue weighted by Crippen LogP contribution is 2.29. The molecule has 1 fully saturated rings. The van der Waals surface area contributed by atoms with E-state index in [1.807, 2.05) is 16.7 Å². The summed E-state index contributed by atoms with van der Waals surface area (Å²) in [5.74, 6) is 0.934. The second kappa shape index (κ2) is 3.92. The van der Waals surface area contributed by atoms with Gasteiger partial charge in [-0.2, -0.15) is 0 Å². The molecule has 2 aromatic rings. The van der Waals surface area contributed by atoms with Crippen molar-refractivity contribution in [2.45, 2.75) is 18.9 Å². The topological polar surface area (TPSA) is 50.5 Å². The van der Waals surface area contributed by atoms with Gasteiger partial charge in [-0.05, 0) is 38.6 Å². The average Bonchev–Trinajstić information content (AvgIpc) is 2.94. The highest BCUT2D eigenvalue weighted by molar-refractivity contribution is 5.83. The predicted octanol–water partition coefficient (Wildman–Crippen LogP) is 1.31. The van der Waals surface area contributed by atoms with Crippen LogP contribution in [0.4, 0.5) is 0 Å². The summed E-state index contributed by atoms with van der Waals surface area (Å²) < 4.78 is 1.93. The van der Waals surface area contributed by atoms with Crippen molar-refractivity contribution in [2.75, 3.05) is 13.6 Å². The summed E-state index contributed by atoms with van der Waals surface area (Å²) in [6, 6.07) is 3.93. The largest absolute Gasteiger partial charge is 0.298 e. The van der Waals surface area contributed by atoms with E-state index in [1.54, 1.807) is 6.07 Å². The summed E-state index contributed by atoms with van der Waals surface area (Å²) in [6.07, 6.45) is 5.03. The molecule has 0 aromatic carbocycles. The Bertz CT molecular complexity index is 563. The molecular formula is C12H14N4O. The fourth-order valence-corrected chi connectivity index (χ4v) is 2.51. The van der Waals surface area contributed by atoms with Gasteiger partial charge >= 0.3 is 0 Å². The predicted molar refractivity (Wildman–Crippen MR) is 63.0 cm³/mol. The maximum atomic E-state index is 10.9. The number of hydrogen-bond acceptors (Lipinski definition) is 4. The minimum absolute atomic E-state index is 0.312. The maximum Gasteiger partial charge on any atom is 0.171 e. The van der Waals surface area contributed by atoms with Crippen LogP contribution in [-0.4, -0.2) is 39.4 Å². The zero-order valence-electron chi connectivity index (χ0n) is 9.71. The number of fused-ring (bicyclic) bond motifs is 1. The molecule has 5 heteroatoms. The maximum absolute atomic E-state index is 10.9. The molecule has 2 aromatic heterocycles. The van der Waals surface area contributed by atoms with Crippen LogP contribution in [0.3, 0.4) is 0 Å². The van der Waals surface area contributed by atoms with Gasteiger partial charge in [0.05, 0.1) is 11.6 Å². The van der Waals surface area contributed by atoms with Gasteiger partial charge in [0, 0.05) is 6.20 Å². The summed E-state index contributed by atoms with van der Waals surface area (Å²) in [6.45, 7) is 1.09. The quantitative estimate of drug-likeness (QED) is 0.730. The first-order valence-electron chi connectivity index (χ1n) is 5.80. The molecular weight excluding hydrogens is 216 g/mol. The molecule has 1 saturated heterocycles. The molecule has 0 N–H and O–H groups in total. The van der Waals surface area contributed by atoms with Crippen LogP contribution in [0.2, 0.25) is 0 Å². The van der Waals surface area contributed by atoms with Crippen LogP contribution in [0.5, 0.6) is 0 Å². The molecule has 1 atom stereocenters. The Morgan fingerprint density at radius 2 is 2.35 bits per heavy atom. The van der Waals surface area contributed by atoms with Crippen LogP contribution in [0.25, 0.3) is 5.65 Å². The Morgan fingerprint density at radius 3 is 3.06 bits per heavy atom. The van der Waals surface area contributed by atoms with Crippen molar-refractivity contribution in [3.8, 4) is 0 Å². The van der Waals surface area contributed by atoms with Gasteiger partial charge in [0.25, 0.3) is 0 Å². The average molecular weight is 230 g/mol. The van der Waals surface area contributed by atoms with Gasteiger partial charge in [-0.25, -0.2) is 0 Å². The number of likely N-dealkylation sites (tertiary alicyclic amines) is 1. The van der Waals surface area contributed by atoms with Crippen LogP contribution in [0.15, 0.2) is 18.3 Å². The third-order valence-corrected chi connectivity index (χ3v) is 3.44. The van der Waals surface area contributed by atoms with E-state index < -0.39 is 0 Å². The van der Waals surface area contributed by atoms with E-state index >= 15 is 0 Å². The number of hydrogen-bond donors (Lipinski definition) is 0. The van der Waals surface area contributed by atoms with Gasteiger partial charge in [0.1, 0.15) is 0 Å². The highest BCUT2D eigenvalue weighted by atomic mass is 16.1. The van der Waals surface area contributed by atoms with Crippen molar-refractivity contribution in [1.29, 1.82) is 0 Å². The zero-order chi connectivity index (χ0) is 11.8. The Balaban J connectivity index is 2.15. The first kappa shape index (κ1) is 10.4. The van der Waals surface area contributed by atoms with E-state index in [1.165, 1.54) is 6.42 Å². The summed E-state index contributed by atoms with van der Waals surface area (Å²) >= 11 is 0. The molecule has 3 heterocycles. The van der Waals surface area contributed by atoms with Crippen molar-refractivity contribution in [3.05, 3.63) is 29.7 Å². The van der Waals surface area contributed by atoms with Crippen LogP contribution in [0, 0.1) is 0 Å². The second-order valence-corrected chi connectivity index (χ2v) is 4.47. The number of carbonyl (C=O) groups excluding carboxylic acids is 1. The van der Waals surface area contributed by atoms with Gasteiger partial charge in [-0.3, -0.25) is 14.1 Å². The summed E-state index contributed by atoms with van der Waals surface area (Å²) in [5, 5.41) is 8.37. The van der Waals surface area contributed by atoms with Crippen LogP contribution in [-0.2, 0) is 0 Å². The van der Waals surface area contributed by atoms with E-state index in [0.717, 1.165) is 25.1 Å². The molecule has 0 amide bonds. The highest BCUT2D eigenvalue weighted by Gasteiger charge is 2.27. The lowest BCUT2D eigenvalue weighted by Crippen LogP contribution is -2.19. The molecule has 17 heavy (non-hydrogen) atoms. The van der Waals surface area contributed by atoms with Gasteiger partial charge in [0.15, 0.2) is 17.8 Å². The van der Waals surface area contributed by atoms with E-state index in [4.69, 9.17) is 0 Å². The van der Waals surface area contributed by atoms with Gasteiger partial charge in [0.2, 0.25) is 0 Å². The molecule has 0 aliphatic carbocycles. The van der Waals surface area contributed by atoms with Crippen LogP contribution in [0.1, 0.15) is 35.1 Å². The molecule has 1 aliphatic heterocycles. The molecule has 88 valence electrons.